The maximum absolute atomic E-state index is 3.75. The molecule has 1 heterocycles. The van der Waals surface area contributed by atoms with E-state index >= 15 is 0 Å². The molecule has 3 heteroatoms. The summed E-state index contributed by atoms with van der Waals surface area (Å²) < 4.78 is 0. The van der Waals surface area contributed by atoms with Crippen LogP contribution in [0.2, 0.25) is 0 Å². The highest BCUT2D eigenvalue weighted by Gasteiger charge is 1.85. The van der Waals surface area contributed by atoms with Crippen LogP contribution in [-0.4, -0.2) is 16.7 Å². The second-order valence-corrected chi connectivity index (χ2v) is 1.66. The molecule has 0 spiro atoms. The lowest BCUT2D eigenvalue weighted by Crippen LogP contribution is -1.94. The third kappa shape index (κ3) is 1.60. The van der Waals surface area contributed by atoms with Crippen molar-refractivity contribution < 1.29 is 0 Å². The molecule has 0 amide bonds. The van der Waals surface area contributed by atoms with E-state index in [9.17, 15) is 0 Å². The molecule has 0 saturated heterocycles. The fraction of sp³-hybridized carbons (Fsp3) is 0.167. The Morgan fingerprint density at radius 2 is 2.78 bits per heavy atom. The molecular weight excluding hydrogens is 114 g/mol. The summed E-state index contributed by atoms with van der Waals surface area (Å²) in [5, 5.41) is 9.51. The molecule has 0 aromatic carbocycles. The lowest BCUT2D eigenvalue weighted by Gasteiger charge is -1.93. The van der Waals surface area contributed by atoms with E-state index in [1.165, 1.54) is 0 Å². The number of hydrogen-bond acceptors (Lipinski definition) is 2. The molecule has 0 atom stereocenters. The second-order valence-electron chi connectivity index (χ2n) is 1.66. The molecule has 0 fully saturated rings. The summed E-state index contributed by atoms with van der Waals surface area (Å²) in [7, 11) is 0. The van der Waals surface area contributed by atoms with Gasteiger partial charge >= 0.3 is 0 Å². The van der Waals surface area contributed by atoms with Crippen molar-refractivity contribution in [2.24, 2.45) is 0 Å². The van der Waals surface area contributed by atoms with Gasteiger partial charge in [-0.1, -0.05) is 6.08 Å². The Bertz CT molecular complexity index is 166. The monoisotopic (exact) mass is 123 g/mol. The second kappa shape index (κ2) is 2.91. The molecule has 1 rings (SSSR count). The molecule has 48 valence electrons. The number of aromatic amines is 1. The zero-order chi connectivity index (χ0) is 6.53. The van der Waals surface area contributed by atoms with Gasteiger partial charge in [0, 0.05) is 12.7 Å². The number of rotatable bonds is 3. The van der Waals surface area contributed by atoms with Crippen LogP contribution in [0.5, 0.6) is 0 Å². The Hall–Kier alpha value is -1.25. The van der Waals surface area contributed by atoms with Gasteiger partial charge in [0.1, 0.15) is 0 Å². The molecule has 0 aliphatic heterocycles. The molecule has 3 nitrogen and oxygen atoms in total. The lowest BCUT2D eigenvalue weighted by molar-refractivity contribution is 1.09. The molecule has 2 N–H and O–H groups in total. The van der Waals surface area contributed by atoms with Gasteiger partial charge in [0.05, 0.1) is 11.9 Å². The zero-order valence-corrected chi connectivity index (χ0v) is 5.09. The SMILES string of the molecule is C=CCNc1cn[nH]c1. The molecule has 0 radical (unpaired) electrons. The Morgan fingerprint density at radius 1 is 1.89 bits per heavy atom. The van der Waals surface area contributed by atoms with Crippen molar-refractivity contribution >= 4 is 5.69 Å². The summed E-state index contributed by atoms with van der Waals surface area (Å²) in [4.78, 5) is 0. The molecule has 9 heavy (non-hydrogen) atoms. The minimum atomic E-state index is 0.777. The van der Waals surface area contributed by atoms with Gasteiger partial charge in [-0.3, -0.25) is 5.10 Å². The Labute approximate surface area is 53.8 Å². The van der Waals surface area contributed by atoms with Crippen LogP contribution in [0.1, 0.15) is 0 Å². The molecule has 1 aromatic heterocycles. The van der Waals surface area contributed by atoms with Gasteiger partial charge < -0.3 is 5.32 Å². The first kappa shape index (κ1) is 5.88. The smallest absolute Gasteiger partial charge is 0.0726 e. The Balaban J connectivity index is 2.38. The summed E-state index contributed by atoms with van der Waals surface area (Å²) in [5.41, 5.74) is 0.995. The van der Waals surface area contributed by atoms with E-state index in [2.05, 4.69) is 22.1 Å². The molecule has 0 aliphatic carbocycles. The quantitative estimate of drug-likeness (QED) is 0.589. The van der Waals surface area contributed by atoms with E-state index in [4.69, 9.17) is 0 Å². The molecule has 0 unspecified atom stereocenters. The van der Waals surface area contributed by atoms with Gasteiger partial charge in [0.15, 0.2) is 0 Å². The average molecular weight is 123 g/mol. The van der Waals surface area contributed by atoms with Crippen molar-refractivity contribution in [3.63, 3.8) is 0 Å². The van der Waals surface area contributed by atoms with Gasteiger partial charge in [-0.25, -0.2) is 0 Å². The summed E-state index contributed by atoms with van der Waals surface area (Å²) >= 11 is 0. The highest BCUT2D eigenvalue weighted by atomic mass is 15.1. The fourth-order valence-corrected chi connectivity index (χ4v) is 0.538. The predicted molar refractivity (Wildman–Crippen MR) is 37.3 cm³/mol. The largest absolute Gasteiger partial charge is 0.379 e. The van der Waals surface area contributed by atoms with Crippen molar-refractivity contribution in [2.75, 3.05) is 11.9 Å². The minimum Gasteiger partial charge on any atom is -0.379 e. The van der Waals surface area contributed by atoms with E-state index in [-0.39, 0.29) is 0 Å². The summed E-state index contributed by atoms with van der Waals surface area (Å²) in [5.74, 6) is 0. The van der Waals surface area contributed by atoms with Crippen LogP contribution >= 0.6 is 0 Å². The van der Waals surface area contributed by atoms with Crippen molar-refractivity contribution in [3.05, 3.63) is 25.0 Å². The molecule has 0 saturated carbocycles. The number of aromatic nitrogens is 2. The van der Waals surface area contributed by atoms with Crippen LogP contribution in [0.3, 0.4) is 0 Å². The lowest BCUT2D eigenvalue weighted by atomic mass is 10.5. The van der Waals surface area contributed by atoms with Crippen LogP contribution in [0, 0.1) is 0 Å². The van der Waals surface area contributed by atoms with Gasteiger partial charge in [-0.05, 0) is 0 Å². The standard InChI is InChI=1S/C6H9N3/c1-2-3-7-6-4-8-9-5-6/h2,4-5,7H,1,3H2,(H,8,9). The van der Waals surface area contributed by atoms with Crippen LogP contribution in [-0.2, 0) is 0 Å². The number of nitrogens with zero attached hydrogens (tertiary/aromatic N) is 1. The van der Waals surface area contributed by atoms with Gasteiger partial charge in [-0.15, -0.1) is 6.58 Å². The Morgan fingerprint density at radius 3 is 3.33 bits per heavy atom. The van der Waals surface area contributed by atoms with Crippen LogP contribution < -0.4 is 5.32 Å². The fourth-order valence-electron chi connectivity index (χ4n) is 0.538. The normalized spacial score (nSPS) is 8.89. The first-order valence-electron chi connectivity index (χ1n) is 2.77. The molecule has 1 aromatic rings. The van der Waals surface area contributed by atoms with E-state index in [1.54, 1.807) is 18.5 Å². The van der Waals surface area contributed by atoms with E-state index < -0.39 is 0 Å². The molecule has 0 bridgehead atoms. The van der Waals surface area contributed by atoms with E-state index in [0.29, 0.717) is 0 Å². The third-order valence-electron chi connectivity index (χ3n) is 0.949. The van der Waals surface area contributed by atoms with Gasteiger partial charge in [0.25, 0.3) is 0 Å². The molecule has 0 aliphatic rings. The van der Waals surface area contributed by atoms with Gasteiger partial charge in [0.2, 0.25) is 0 Å². The summed E-state index contributed by atoms with van der Waals surface area (Å²) in [6.45, 7) is 4.34. The highest BCUT2D eigenvalue weighted by molar-refractivity contribution is 5.37. The number of nitrogens with one attached hydrogen (secondary N) is 2. The van der Waals surface area contributed by atoms with E-state index in [1.807, 2.05) is 0 Å². The molecular formula is C6H9N3. The topological polar surface area (TPSA) is 40.7 Å². The summed E-state index contributed by atoms with van der Waals surface area (Å²) in [6, 6.07) is 0. The van der Waals surface area contributed by atoms with Crippen molar-refractivity contribution in [3.8, 4) is 0 Å². The van der Waals surface area contributed by atoms with Crippen LogP contribution in [0.4, 0.5) is 5.69 Å². The third-order valence-corrected chi connectivity index (χ3v) is 0.949. The predicted octanol–water partition coefficient (Wildman–Crippen LogP) is 1.01. The van der Waals surface area contributed by atoms with Crippen LogP contribution in [0.25, 0.3) is 0 Å². The number of hydrogen-bond donors (Lipinski definition) is 2. The zero-order valence-electron chi connectivity index (χ0n) is 5.09. The van der Waals surface area contributed by atoms with Gasteiger partial charge in [-0.2, -0.15) is 5.10 Å². The van der Waals surface area contributed by atoms with Crippen molar-refractivity contribution in [1.82, 2.24) is 10.2 Å². The van der Waals surface area contributed by atoms with Crippen molar-refractivity contribution in [2.45, 2.75) is 0 Å². The first-order valence-corrected chi connectivity index (χ1v) is 2.77. The summed E-state index contributed by atoms with van der Waals surface area (Å²) in [6.07, 6.45) is 5.32. The highest BCUT2D eigenvalue weighted by Crippen LogP contribution is 1.98. The van der Waals surface area contributed by atoms with Crippen LogP contribution in [0.15, 0.2) is 25.0 Å². The Kier molecular flexibility index (Phi) is 1.90. The number of H-pyrrole nitrogens is 1. The van der Waals surface area contributed by atoms with E-state index in [0.717, 1.165) is 12.2 Å². The minimum absolute atomic E-state index is 0.777. The average Bonchev–Trinajstić information content (AvgIpc) is 2.34. The maximum Gasteiger partial charge on any atom is 0.0726 e. The maximum atomic E-state index is 3.75. The number of anilines is 1. The van der Waals surface area contributed by atoms with Crippen molar-refractivity contribution in [1.29, 1.82) is 0 Å². The first-order chi connectivity index (χ1) is 4.43.